The van der Waals surface area contributed by atoms with E-state index in [0.29, 0.717) is 5.92 Å². The molecule has 0 unspecified atom stereocenters. The Labute approximate surface area is 317 Å². The van der Waals surface area contributed by atoms with Gasteiger partial charge >= 0.3 is 319 Å². The van der Waals surface area contributed by atoms with E-state index in [4.69, 9.17) is 8.50 Å². The molecule has 1 aliphatic rings. The first kappa shape index (κ1) is 37.8. The molecule has 2 radical (unpaired) electrons. The molecule has 264 valence electrons. The first-order valence-electron chi connectivity index (χ1n) is 18.5. The summed E-state index contributed by atoms with van der Waals surface area (Å²) in [5, 5.41) is 0. The summed E-state index contributed by atoms with van der Waals surface area (Å²) in [4.78, 5) is 0.0515. The van der Waals surface area contributed by atoms with Crippen LogP contribution in [0.3, 0.4) is 0 Å². The first-order valence-corrected chi connectivity index (χ1v) is 24.8. The van der Waals surface area contributed by atoms with Gasteiger partial charge in [0.25, 0.3) is 0 Å². The third-order valence-corrected chi connectivity index (χ3v) is 26.1. The molecule has 0 aromatic heterocycles. The molecule has 0 amide bonds. The van der Waals surface area contributed by atoms with E-state index in [-0.39, 0.29) is 17.0 Å². The van der Waals surface area contributed by atoms with Gasteiger partial charge in [-0.25, -0.2) is 0 Å². The van der Waals surface area contributed by atoms with Crippen LogP contribution in [0.5, 0.6) is 0 Å². The molecule has 0 bridgehead atoms. The van der Waals surface area contributed by atoms with Crippen molar-refractivity contribution < 1.29 is 8.50 Å². The Kier molecular flexibility index (Phi) is 11.3. The maximum absolute atomic E-state index is 8.35. The van der Waals surface area contributed by atoms with Crippen molar-refractivity contribution in [3.8, 4) is 0 Å². The van der Waals surface area contributed by atoms with E-state index in [1.165, 1.54) is 81.1 Å². The molecule has 6 rings (SSSR count). The molecule has 0 heterocycles. The van der Waals surface area contributed by atoms with Crippen LogP contribution in [-0.2, 0) is 8.50 Å². The molecule has 1 aliphatic carbocycles. The molecule has 0 N–H and O–H groups in total. The molecule has 0 spiro atoms. The van der Waals surface area contributed by atoms with Gasteiger partial charge in [0, 0.05) is 0 Å². The Hall–Kier alpha value is -2.89. The van der Waals surface area contributed by atoms with Crippen LogP contribution < -0.4 is 17.6 Å². The normalized spacial score (nSPS) is 17.7. The Bertz CT molecular complexity index is 1870. The van der Waals surface area contributed by atoms with Gasteiger partial charge in [0.15, 0.2) is 0 Å². The molecular weight excluding hydrogens is 742 g/mol. The predicted octanol–water partition coefficient (Wildman–Crippen LogP) is 8.16. The topological polar surface area (TPSA) is 18.5 Å². The number of benzene rings is 5. The molecule has 51 heavy (non-hydrogen) atoms. The second kappa shape index (κ2) is 15.2. The zero-order valence-corrected chi connectivity index (χ0v) is 37.3. The monoisotopic (exact) mass is 800 g/mol. The first-order chi connectivity index (χ1) is 24.2. The molecule has 2 nitrogen and oxygen atoms in total. The van der Waals surface area contributed by atoms with Gasteiger partial charge in [-0.05, 0) is 0 Å². The van der Waals surface area contributed by atoms with E-state index in [1.54, 1.807) is 8.79 Å². The average Bonchev–Trinajstić information content (AvgIpc) is 3.75. The molecule has 0 aliphatic heterocycles. The van der Waals surface area contributed by atoms with Crippen molar-refractivity contribution in [2.45, 2.75) is 100 Å². The van der Waals surface area contributed by atoms with Crippen LogP contribution in [-0.4, -0.2) is 47.2 Å². The molecule has 1 saturated carbocycles. The zero-order valence-electron chi connectivity index (χ0n) is 33.1. The van der Waals surface area contributed by atoms with Gasteiger partial charge in [0.2, 0.25) is 0 Å². The van der Waals surface area contributed by atoms with Crippen LogP contribution in [0.25, 0.3) is 0 Å². The van der Waals surface area contributed by atoms with Crippen molar-refractivity contribution in [2.24, 2.45) is 5.92 Å². The minimum atomic E-state index is -2.70. The summed E-state index contributed by atoms with van der Waals surface area (Å²) in [6.07, 6.45) is 0.108. The van der Waals surface area contributed by atoms with Crippen molar-refractivity contribution in [1.82, 2.24) is 0 Å². The fraction of sp³-hybridized carbons (Fsp3) is 0.362. The number of hydrogen-bond acceptors (Lipinski definition) is 2. The van der Waals surface area contributed by atoms with Crippen LogP contribution in [0.15, 0.2) is 78.9 Å². The number of aryl methyl sites for hydroxylation is 12. The summed E-state index contributed by atoms with van der Waals surface area (Å²) in [5.41, 5.74) is 17.8. The molecule has 5 aromatic carbocycles. The summed E-state index contributed by atoms with van der Waals surface area (Å²) < 4.78 is 20.9. The second-order valence-corrected chi connectivity index (χ2v) is 24.6. The van der Waals surface area contributed by atoms with Crippen molar-refractivity contribution in [3.63, 3.8) is 0 Å². The third kappa shape index (κ3) is 7.49. The second-order valence-electron chi connectivity index (χ2n) is 15.6. The van der Waals surface area contributed by atoms with Gasteiger partial charge in [-0.2, -0.15) is 0 Å². The maximum atomic E-state index is 8.35. The van der Waals surface area contributed by atoms with Gasteiger partial charge in [0.1, 0.15) is 0 Å². The fourth-order valence-electron chi connectivity index (χ4n) is 9.45. The van der Waals surface area contributed by atoms with Crippen LogP contribution in [0, 0.1) is 89.0 Å². The third-order valence-electron chi connectivity index (χ3n) is 11.0. The number of hydrogen-bond donors (Lipinski definition) is 0. The quantitative estimate of drug-likeness (QED) is 0.133. The molecule has 4 atom stereocenters. The van der Waals surface area contributed by atoms with Crippen LogP contribution >= 0.6 is 0 Å². The summed E-state index contributed by atoms with van der Waals surface area (Å²) in [7, 11) is 1.92. The average molecular weight is 798 g/mol. The summed E-state index contributed by atoms with van der Waals surface area (Å²) >= 11 is -5.25. The minimum absolute atomic E-state index is 0.0515. The summed E-state index contributed by atoms with van der Waals surface area (Å²) in [5.74, 6) is 0.549. The molecule has 4 heteroatoms. The van der Waals surface area contributed by atoms with E-state index in [9.17, 15) is 0 Å². The Morgan fingerprint density at radius 3 is 1.14 bits per heavy atom. The predicted molar refractivity (Wildman–Crippen MR) is 221 cm³/mol. The van der Waals surface area contributed by atoms with Gasteiger partial charge in [-0.3, -0.25) is 0 Å². The molecule has 5 aromatic rings. The number of ether oxygens (including phenoxy) is 1. The fourth-order valence-corrected chi connectivity index (χ4v) is 25.3. The summed E-state index contributed by atoms with van der Waals surface area (Å²) in [6.45, 7) is 27.6. The van der Waals surface area contributed by atoms with E-state index < -0.39 is 29.0 Å². The van der Waals surface area contributed by atoms with Crippen LogP contribution in [0.4, 0.5) is 0 Å². The van der Waals surface area contributed by atoms with Gasteiger partial charge in [-0.15, -0.1) is 0 Å². The molecule has 1 fully saturated rings. The van der Waals surface area contributed by atoms with E-state index in [2.05, 4.69) is 162 Å². The number of methoxy groups -OCH3 is 1. The van der Waals surface area contributed by atoms with Crippen LogP contribution in [0.1, 0.15) is 78.2 Å². The van der Waals surface area contributed by atoms with Crippen molar-refractivity contribution in [1.29, 1.82) is 0 Å². The standard InChI is InChI=1S/C47H56Ge2O2/c1-27-19-31(5)42(32(6)20-27)48(43-33(7)21-28(2)22-34(43)8)47(41-40(46(41)50-13)39-17-15-14-16-18-39)51-49(44-35(9)23-29(3)24-36(44)10)45-37(11)25-30(4)26-38(45)12/h14-26,40-41,46-47H,1-13H3/t40-,41-,46-,47-/m0/s1. The Balaban J connectivity index is 1.69. The Morgan fingerprint density at radius 2 is 0.804 bits per heavy atom. The van der Waals surface area contributed by atoms with E-state index >= 15 is 0 Å². The van der Waals surface area contributed by atoms with E-state index in [0.717, 1.165) is 0 Å². The van der Waals surface area contributed by atoms with Crippen LogP contribution in [0.2, 0.25) is 0 Å². The zero-order chi connectivity index (χ0) is 36.9. The van der Waals surface area contributed by atoms with Gasteiger partial charge in [-0.1, -0.05) is 0 Å². The number of rotatable bonds is 10. The van der Waals surface area contributed by atoms with Crippen molar-refractivity contribution in [3.05, 3.63) is 151 Å². The van der Waals surface area contributed by atoms with Gasteiger partial charge in [0.05, 0.1) is 0 Å². The summed E-state index contributed by atoms with van der Waals surface area (Å²) in [6, 6.07) is 30.3. The Morgan fingerprint density at radius 1 is 0.471 bits per heavy atom. The SMILES string of the molecule is CO[C@H]1[C@@H](c2ccccc2)[C@@H]1[C@H]([O][Ge]([c]1c(C)cc(C)cc1C)[c]1c(C)cc(C)cc1C)[Ge]([c]1c(C)cc(C)cc1C)[c]1c(C)cc(C)cc1C. The van der Waals surface area contributed by atoms with Gasteiger partial charge < -0.3 is 0 Å². The van der Waals surface area contributed by atoms with Crippen molar-refractivity contribution in [2.75, 3.05) is 7.11 Å². The molecular formula is C47H56Ge2O2. The molecule has 0 saturated heterocycles. The van der Waals surface area contributed by atoms with E-state index in [1.807, 2.05) is 7.11 Å². The van der Waals surface area contributed by atoms with Crippen molar-refractivity contribution >= 4 is 46.6 Å².